The second kappa shape index (κ2) is 4.85. The number of furan rings is 1. The molecule has 1 unspecified atom stereocenters. The third-order valence-corrected chi connectivity index (χ3v) is 3.06. The summed E-state index contributed by atoms with van der Waals surface area (Å²) in [7, 11) is 0. The van der Waals surface area contributed by atoms with E-state index in [1.807, 2.05) is 0 Å². The highest BCUT2D eigenvalue weighted by Crippen LogP contribution is 2.27. The van der Waals surface area contributed by atoms with E-state index in [4.69, 9.17) is 10.2 Å². The van der Waals surface area contributed by atoms with Crippen molar-refractivity contribution in [1.29, 1.82) is 0 Å². The van der Waals surface area contributed by atoms with E-state index >= 15 is 0 Å². The molecular formula is C12H12N6O3. The molecule has 9 heteroatoms. The van der Waals surface area contributed by atoms with Gasteiger partial charge in [0.25, 0.3) is 0 Å². The fourth-order valence-electron chi connectivity index (χ4n) is 2.09. The summed E-state index contributed by atoms with van der Waals surface area (Å²) in [6.45, 7) is 1.74. The first-order chi connectivity index (χ1) is 10.1. The van der Waals surface area contributed by atoms with Crippen LogP contribution in [-0.2, 0) is 4.79 Å². The number of carbonyl (C=O) groups is 1. The number of hydrogen-bond acceptors (Lipinski definition) is 7. The zero-order valence-corrected chi connectivity index (χ0v) is 11.1. The van der Waals surface area contributed by atoms with Crippen LogP contribution in [0.1, 0.15) is 19.4 Å². The SMILES string of the molecule is CCC(C(=O)O)n1nnc2c(-c3ccco3)nc(N)nc21. The molecular weight excluding hydrogens is 276 g/mol. The summed E-state index contributed by atoms with van der Waals surface area (Å²) in [4.78, 5) is 19.4. The third kappa shape index (κ3) is 2.08. The molecule has 0 radical (unpaired) electrons. The van der Waals surface area contributed by atoms with Gasteiger partial charge in [-0.1, -0.05) is 12.1 Å². The molecule has 3 N–H and O–H groups in total. The van der Waals surface area contributed by atoms with E-state index in [0.29, 0.717) is 23.4 Å². The standard InChI is InChI=1S/C12H12N6O3/c1-2-6(11(19)20)18-10-9(16-17-18)8(14-12(13)15-10)7-4-3-5-21-7/h3-6H,2H2,1H3,(H,19,20)(H2,13,14,15). The molecule has 0 fully saturated rings. The number of carboxylic acids is 1. The van der Waals surface area contributed by atoms with Gasteiger partial charge in [0.15, 0.2) is 23.0 Å². The summed E-state index contributed by atoms with van der Waals surface area (Å²) >= 11 is 0. The average Bonchev–Trinajstić information content (AvgIpc) is 3.08. The van der Waals surface area contributed by atoms with Gasteiger partial charge in [0, 0.05) is 0 Å². The molecule has 0 saturated heterocycles. The van der Waals surface area contributed by atoms with E-state index in [-0.39, 0.29) is 11.6 Å². The van der Waals surface area contributed by atoms with Crippen LogP contribution in [0.3, 0.4) is 0 Å². The quantitative estimate of drug-likeness (QED) is 0.729. The van der Waals surface area contributed by atoms with Crippen LogP contribution in [0, 0.1) is 0 Å². The van der Waals surface area contributed by atoms with Crippen molar-refractivity contribution in [3.63, 3.8) is 0 Å². The first-order valence-corrected chi connectivity index (χ1v) is 6.27. The fraction of sp³-hybridized carbons (Fsp3) is 0.250. The summed E-state index contributed by atoms with van der Waals surface area (Å²) < 4.78 is 6.53. The van der Waals surface area contributed by atoms with Gasteiger partial charge < -0.3 is 15.3 Å². The minimum atomic E-state index is -1.01. The Morgan fingerprint density at radius 3 is 2.95 bits per heavy atom. The Labute approximate surface area is 118 Å². The lowest BCUT2D eigenvalue weighted by molar-refractivity contribution is -0.141. The lowest BCUT2D eigenvalue weighted by Gasteiger charge is -2.09. The number of nitrogen functional groups attached to an aromatic ring is 1. The summed E-state index contributed by atoms with van der Waals surface area (Å²) in [5.74, 6) is -0.553. The van der Waals surface area contributed by atoms with Crippen molar-refractivity contribution in [2.75, 3.05) is 5.73 Å². The maximum absolute atomic E-state index is 11.3. The molecule has 0 aromatic carbocycles. The molecule has 108 valence electrons. The highest BCUT2D eigenvalue weighted by molar-refractivity contribution is 5.87. The van der Waals surface area contributed by atoms with Crippen molar-refractivity contribution in [2.45, 2.75) is 19.4 Å². The lowest BCUT2D eigenvalue weighted by atomic mass is 10.2. The Morgan fingerprint density at radius 2 is 2.33 bits per heavy atom. The minimum absolute atomic E-state index is 0.00214. The summed E-state index contributed by atoms with van der Waals surface area (Å²) in [5.41, 5.74) is 6.69. The summed E-state index contributed by atoms with van der Waals surface area (Å²) in [5, 5.41) is 17.1. The number of nitrogens with zero attached hydrogens (tertiary/aromatic N) is 5. The molecule has 21 heavy (non-hydrogen) atoms. The van der Waals surface area contributed by atoms with Crippen molar-refractivity contribution >= 4 is 23.1 Å². The molecule has 0 amide bonds. The molecule has 0 saturated carbocycles. The van der Waals surface area contributed by atoms with E-state index in [1.54, 1.807) is 19.1 Å². The highest BCUT2D eigenvalue weighted by atomic mass is 16.4. The van der Waals surface area contributed by atoms with Gasteiger partial charge in [0.2, 0.25) is 5.95 Å². The Hall–Kier alpha value is -2.97. The summed E-state index contributed by atoms with van der Waals surface area (Å²) in [6.07, 6.45) is 1.84. The van der Waals surface area contributed by atoms with Crippen LogP contribution < -0.4 is 5.73 Å². The lowest BCUT2D eigenvalue weighted by Crippen LogP contribution is -2.20. The second-order valence-corrected chi connectivity index (χ2v) is 4.38. The van der Waals surface area contributed by atoms with Crippen LogP contribution in [0.5, 0.6) is 0 Å². The number of fused-ring (bicyclic) bond motifs is 1. The van der Waals surface area contributed by atoms with E-state index < -0.39 is 12.0 Å². The zero-order valence-electron chi connectivity index (χ0n) is 11.1. The smallest absolute Gasteiger partial charge is 0.328 e. The number of nitrogens with two attached hydrogens (primary N) is 1. The Morgan fingerprint density at radius 1 is 1.52 bits per heavy atom. The molecule has 3 aromatic rings. The second-order valence-electron chi connectivity index (χ2n) is 4.38. The monoisotopic (exact) mass is 288 g/mol. The number of carboxylic acid groups (broad SMARTS) is 1. The normalized spacial score (nSPS) is 12.6. The van der Waals surface area contributed by atoms with Crippen LogP contribution in [0.2, 0.25) is 0 Å². The number of hydrogen-bond donors (Lipinski definition) is 2. The van der Waals surface area contributed by atoms with E-state index in [9.17, 15) is 9.90 Å². The van der Waals surface area contributed by atoms with Crippen LogP contribution >= 0.6 is 0 Å². The molecule has 3 aromatic heterocycles. The van der Waals surface area contributed by atoms with Gasteiger partial charge in [0.1, 0.15) is 5.69 Å². The predicted octanol–water partition coefficient (Wildman–Crippen LogP) is 1.10. The zero-order chi connectivity index (χ0) is 15.0. The van der Waals surface area contributed by atoms with Crippen molar-refractivity contribution in [1.82, 2.24) is 25.0 Å². The first kappa shape index (κ1) is 13.0. The largest absolute Gasteiger partial charge is 0.480 e. The van der Waals surface area contributed by atoms with Crippen molar-refractivity contribution < 1.29 is 14.3 Å². The Bertz CT molecular complexity index is 795. The van der Waals surface area contributed by atoms with E-state index in [0.717, 1.165) is 0 Å². The van der Waals surface area contributed by atoms with Crippen LogP contribution in [0.25, 0.3) is 22.6 Å². The van der Waals surface area contributed by atoms with Crippen molar-refractivity contribution in [3.05, 3.63) is 18.4 Å². The number of rotatable bonds is 4. The van der Waals surface area contributed by atoms with E-state index in [2.05, 4.69) is 20.3 Å². The molecule has 0 aliphatic heterocycles. The molecule has 0 aliphatic carbocycles. The molecule has 3 heterocycles. The Kier molecular flexibility index (Phi) is 3.01. The van der Waals surface area contributed by atoms with Gasteiger partial charge in [-0.25, -0.2) is 14.5 Å². The molecule has 0 bridgehead atoms. The molecule has 9 nitrogen and oxygen atoms in total. The van der Waals surface area contributed by atoms with Gasteiger partial charge in [-0.15, -0.1) is 5.10 Å². The fourth-order valence-corrected chi connectivity index (χ4v) is 2.09. The topological polar surface area (TPSA) is 133 Å². The van der Waals surface area contributed by atoms with Gasteiger partial charge >= 0.3 is 5.97 Å². The number of aliphatic carboxylic acids is 1. The van der Waals surface area contributed by atoms with Gasteiger partial charge in [0.05, 0.1) is 6.26 Å². The molecule has 0 spiro atoms. The Balaban J connectivity index is 2.26. The first-order valence-electron chi connectivity index (χ1n) is 6.27. The van der Waals surface area contributed by atoms with Crippen LogP contribution in [0.15, 0.2) is 22.8 Å². The van der Waals surface area contributed by atoms with E-state index in [1.165, 1.54) is 10.9 Å². The molecule has 1 atom stereocenters. The van der Waals surface area contributed by atoms with Gasteiger partial charge in [-0.05, 0) is 18.6 Å². The predicted molar refractivity (Wildman–Crippen MR) is 72.2 cm³/mol. The van der Waals surface area contributed by atoms with Crippen LogP contribution in [-0.4, -0.2) is 36.0 Å². The van der Waals surface area contributed by atoms with Crippen molar-refractivity contribution in [3.8, 4) is 11.5 Å². The third-order valence-electron chi connectivity index (χ3n) is 3.06. The maximum atomic E-state index is 11.3. The maximum Gasteiger partial charge on any atom is 0.328 e. The van der Waals surface area contributed by atoms with Gasteiger partial charge in [-0.2, -0.15) is 4.98 Å². The number of aromatic nitrogens is 5. The van der Waals surface area contributed by atoms with Crippen molar-refractivity contribution in [2.24, 2.45) is 0 Å². The average molecular weight is 288 g/mol. The summed E-state index contributed by atoms with van der Waals surface area (Å²) in [6, 6.07) is 2.54. The van der Waals surface area contributed by atoms with Crippen LogP contribution in [0.4, 0.5) is 5.95 Å². The minimum Gasteiger partial charge on any atom is -0.480 e. The molecule has 0 aliphatic rings. The number of anilines is 1. The molecule has 3 rings (SSSR count). The highest BCUT2D eigenvalue weighted by Gasteiger charge is 2.24. The van der Waals surface area contributed by atoms with Gasteiger partial charge in [-0.3, -0.25) is 0 Å².